The van der Waals surface area contributed by atoms with Crippen LogP contribution in [0, 0.1) is 26.5 Å². The number of hydrogen-bond donors (Lipinski definition) is 1. The highest BCUT2D eigenvalue weighted by Crippen LogP contribution is 2.50. The molecule has 1 heterocycles. The van der Waals surface area contributed by atoms with Crippen molar-refractivity contribution in [3.8, 4) is 11.5 Å². The number of allylic oxidation sites excluding steroid dienone is 2. The van der Waals surface area contributed by atoms with Crippen LogP contribution < -0.4 is 14.8 Å². The molecule has 6 rings (SSSR count). The van der Waals surface area contributed by atoms with Crippen molar-refractivity contribution in [1.82, 2.24) is 0 Å². The van der Waals surface area contributed by atoms with E-state index >= 15 is 0 Å². The summed E-state index contributed by atoms with van der Waals surface area (Å²) in [6, 6.07) is 25.7. The van der Waals surface area contributed by atoms with Gasteiger partial charge >= 0.3 is 0 Å². The molecule has 0 aromatic heterocycles. The predicted molar refractivity (Wildman–Crippen MR) is 174 cm³/mol. The Labute approximate surface area is 258 Å². The number of aliphatic imine (C=N–C) groups is 1. The molecule has 2 aliphatic rings. The summed E-state index contributed by atoms with van der Waals surface area (Å²) in [6.45, 7) is 2.42. The normalized spacial score (nSPS) is 18.8. The minimum Gasteiger partial charge on any atom is -0.493 e. The van der Waals surface area contributed by atoms with Crippen LogP contribution >= 0.6 is 22.6 Å². The number of nitrogens with one attached hydrogen (secondary N) is 1. The standard InChI is InChI=1S/C34H30IN3O4/c1-21-6-15-31-29(16-21)27-4-3-5-28(27)33(37-31)24-9-11-25(12-10-24)36-19-23-17-30(35)34(32(18-23)41-2)42-20-22-7-13-26(14-8-22)38(39)40/h3-4,6-19,27-28,33,37H,5,20H2,1-2H3/t27-,28-,33-/m0/s1. The number of nitrogens with zero attached hydrogens (tertiary/aromatic N) is 2. The van der Waals surface area contributed by atoms with Gasteiger partial charge in [0.1, 0.15) is 6.61 Å². The van der Waals surface area contributed by atoms with Crippen molar-refractivity contribution in [2.24, 2.45) is 10.9 Å². The van der Waals surface area contributed by atoms with Crippen LogP contribution in [0.4, 0.5) is 17.1 Å². The second-order valence-electron chi connectivity index (χ2n) is 10.7. The molecular formula is C34H30IN3O4. The van der Waals surface area contributed by atoms with Crippen molar-refractivity contribution in [3.63, 3.8) is 0 Å². The molecule has 0 unspecified atom stereocenters. The molecule has 0 spiro atoms. The Hall–Kier alpha value is -4.18. The summed E-state index contributed by atoms with van der Waals surface area (Å²) in [6.07, 6.45) is 7.59. The Morgan fingerprint density at radius 2 is 1.86 bits per heavy atom. The van der Waals surface area contributed by atoms with E-state index in [0.29, 0.717) is 23.3 Å². The minimum atomic E-state index is -0.415. The van der Waals surface area contributed by atoms with E-state index < -0.39 is 4.92 Å². The largest absolute Gasteiger partial charge is 0.493 e. The van der Waals surface area contributed by atoms with Gasteiger partial charge in [0.25, 0.3) is 5.69 Å². The number of benzene rings is 4. The van der Waals surface area contributed by atoms with Crippen LogP contribution in [0.15, 0.2) is 96.0 Å². The number of fused-ring (bicyclic) bond motifs is 3. The fourth-order valence-electron chi connectivity index (χ4n) is 5.78. The summed E-state index contributed by atoms with van der Waals surface area (Å²) in [5.41, 5.74) is 7.84. The summed E-state index contributed by atoms with van der Waals surface area (Å²) in [4.78, 5) is 15.2. The molecule has 1 aliphatic heterocycles. The Balaban J connectivity index is 1.15. The van der Waals surface area contributed by atoms with Gasteiger partial charge in [-0.2, -0.15) is 0 Å². The van der Waals surface area contributed by atoms with Gasteiger partial charge in [0.05, 0.1) is 27.3 Å². The van der Waals surface area contributed by atoms with Crippen molar-refractivity contribution >= 4 is 45.9 Å². The average Bonchev–Trinajstić information content (AvgIpc) is 3.50. The summed E-state index contributed by atoms with van der Waals surface area (Å²) in [7, 11) is 1.60. The number of aryl methyl sites for hydroxylation is 1. The van der Waals surface area contributed by atoms with E-state index in [0.717, 1.165) is 26.8 Å². The van der Waals surface area contributed by atoms with Crippen molar-refractivity contribution < 1.29 is 14.4 Å². The van der Waals surface area contributed by atoms with Crippen LogP contribution in [0.3, 0.4) is 0 Å². The fraction of sp³-hybridized carbons (Fsp3) is 0.206. The zero-order valence-electron chi connectivity index (χ0n) is 23.3. The molecule has 1 aliphatic carbocycles. The molecule has 0 amide bonds. The highest BCUT2D eigenvalue weighted by molar-refractivity contribution is 14.1. The van der Waals surface area contributed by atoms with E-state index in [1.807, 2.05) is 18.3 Å². The Bertz CT molecular complexity index is 1680. The van der Waals surface area contributed by atoms with Gasteiger partial charge < -0.3 is 14.8 Å². The Morgan fingerprint density at radius 3 is 2.60 bits per heavy atom. The summed E-state index contributed by atoms with van der Waals surface area (Å²) in [5, 5.41) is 14.7. The number of methoxy groups -OCH3 is 1. The number of ether oxygens (including phenoxy) is 2. The molecule has 4 aromatic rings. The molecule has 0 saturated heterocycles. The van der Waals surface area contributed by atoms with E-state index in [9.17, 15) is 10.1 Å². The number of nitro benzene ring substituents is 1. The molecule has 7 nitrogen and oxygen atoms in total. The van der Waals surface area contributed by atoms with Crippen LogP contribution in [0.1, 0.15) is 46.2 Å². The number of rotatable bonds is 8. The molecule has 0 radical (unpaired) electrons. The van der Waals surface area contributed by atoms with Crippen LogP contribution in [0.2, 0.25) is 0 Å². The van der Waals surface area contributed by atoms with E-state index in [2.05, 4.69) is 89.4 Å². The quantitative estimate of drug-likeness (QED) is 0.0667. The third-order valence-corrected chi connectivity index (χ3v) is 8.72. The van der Waals surface area contributed by atoms with Crippen molar-refractivity contribution in [2.45, 2.75) is 31.9 Å². The molecule has 4 aromatic carbocycles. The Morgan fingerprint density at radius 1 is 1.07 bits per heavy atom. The predicted octanol–water partition coefficient (Wildman–Crippen LogP) is 8.67. The minimum absolute atomic E-state index is 0.0513. The van der Waals surface area contributed by atoms with Crippen LogP contribution in [0.25, 0.3) is 0 Å². The molecule has 0 bridgehead atoms. The zero-order chi connectivity index (χ0) is 29.2. The number of halogens is 1. The van der Waals surface area contributed by atoms with Gasteiger partial charge in [0, 0.05) is 30.0 Å². The Kier molecular flexibility index (Phi) is 7.97. The molecule has 1 N–H and O–H groups in total. The lowest BCUT2D eigenvalue weighted by molar-refractivity contribution is -0.384. The lowest BCUT2D eigenvalue weighted by Gasteiger charge is -2.37. The second kappa shape index (κ2) is 12.0. The molecule has 212 valence electrons. The topological polar surface area (TPSA) is 86.0 Å². The highest BCUT2D eigenvalue weighted by atomic mass is 127. The number of non-ortho nitro benzene ring substituents is 1. The van der Waals surface area contributed by atoms with E-state index in [1.165, 1.54) is 34.5 Å². The van der Waals surface area contributed by atoms with Gasteiger partial charge in [-0.3, -0.25) is 15.1 Å². The second-order valence-corrected chi connectivity index (χ2v) is 11.8. The SMILES string of the molecule is COc1cc(C=Nc2ccc([C@@H]3Nc4ccc(C)cc4[C@H]4C=CC[C@@H]43)cc2)cc(I)c1OCc1ccc([N+](=O)[O-])cc1. The molecule has 0 saturated carbocycles. The fourth-order valence-corrected chi connectivity index (χ4v) is 6.57. The molecular weight excluding hydrogens is 641 g/mol. The highest BCUT2D eigenvalue weighted by Gasteiger charge is 2.37. The smallest absolute Gasteiger partial charge is 0.269 e. The van der Waals surface area contributed by atoms with Crippen molar-refractivity contribution in [3.05, 3.63) is 133 Å². The average molecular weight is 672 g/mol. The van der Waals surface area contributed by atoms with Gasteiger partial charge in [-0.1, -0.05) is 42.0 Å². The molecule has 8 heteroatoms. The lowest BCUT2D eigenvalue weighted by atomic mass is 9.76. The molecule has 42 heavy (non-hydrogen) atoms. The van der Waals surface area contributed by atoms with Crippen LogP contribution in [-0.2, 0) is 6.61 Å². The third kappa shape index (κ3) is 5.76. The van der Waals surface area contributed by atoms with Gasteiger partial charge in [-0.05, 0) is 107 Å². The summed E-state index contributed by atoms with van der Waals surface area (Å²) >= 11 is 2.22. The number of hydrogen-bond acceptors (Lipinski definition) is 6. The number of anilines is 1. The maximum atomic E-state index is 10.9. The first-order chi connectivity index (χ1) is 20.4. The lowest BCUT2D eigenvalue weighted by Crippen LogP contribution is -2.29. The summed E-state index contributed by atoms with van der Waals surface area (Å²) < 4.78 is 12.5. The van der Waals surface area contributed by atoms with E-state index in [-0.39, 0.29) is 18.3 Å². The van der Waals surface area contributed by atoms with Gasteiger partial charge in [-0.15, -0.1) is 0 Å². The van der Waals surface area contributed by atoms with E-state index in [1.54, 1.807) is 19.2 Å². The van der Waals surface area contributed by atoms with Gasteiger partial charge in [0.2, 0.25) is 0 Å². The van der Waals surface area contributed by atoms with Crippen LogP contribution in [-0.4, -0.2) is 18.2 Å². The van der Waals surface area contributed by atoms with Crippen molar-refractivity contribution in [2.75, 3.05) is 12.4 Å². The zero-order valence-corrected chi connectivity index (χ0v) is 25.4. The number of nitro groups is 1. The first-order valence-electron chi connectivity index (χ1n) is 13.8. The van der Waals surface area contributed by atoms with Crippen molar-refractivity contribution in [1.29, 1.82) is 0 Å². The first kappa shape index (κ1) is 28.0. The molecule has 3 atom stereocenters. The maximum Gasteiger partial charge on any atom is 0.269 e. The third-order valence-electron chi connectivity index (χ3n) is 7.92. The monoisotopic (exact) mass is 671 g/mol. The maximum absolute atomic E-state index is 10.9. The summed E-state index contributed by atoms with van der Waals surface area (Å²) in [5.74, 6) is 2.17. The van der Waals surface area contributed by atoms with E-state index in [4.69, 9.17) is 14.5 Å². The first-order valence-corrected chi connectivity index (χ1v) is 14.9. The van der Waals surface area contributed by atoms with Gasteiger partial charge in [0.15, 0.2) is 11.5 Å². The van der Waals surface area contributed by atoms with Crippen LogP contribution in [0.5, 0.6) is 11.5 Å². The molecule has 0 fully saturated rings. The van der Waals surface area contributed by atoms with Gasteiger partial charge in [-0.25, -0.2) is 0 Å².